The number of aromatic nitrogens is 1. The van der Waals surface area contributed by atoms with Crippen molar-refractivity contribution >= 4 is 38.9 Å². The molecule has 0 saturated carbocycles. The lowest BCUT2D eigenvalue weighted by Gasteiger charge is -2.24. The van der Waals surface area contributed by atoms with Crippen LogP contribution in [0, 0.1) is 6.92 Å². The van der Waals surface area contributed by atoms with Gasteiger partial charge in [-0.15, -0.1) is 0 Å². The van der Waals surface area contributed by atoms with Gasteiger partial charge in [0.2, 0.25) is 0 Å². The largest absolute Gasteiger partial charge is 0.467 e. The summed E-state index contributed by atoms with van der Waals surface area (Å²) in [6, 6.07) is 13.3. The lowest BCUT2D eigenvalue weighted by atomic mass is 10.2. The van der Waals surface area contributed by atoms with E-state index in [4.69, 9.17) is 27.6 Å². The molecule has 25 heavy (non-hydrogen) atoms. The van der Waals surface area contributed by atoms with Crippen molar-refractivity contribution in [2.45, 2.75) is 18.4 Å². The average molecular weight is 397 g/mol. The fraction of sp³-hybridized carbons (Fsp3) is 0.118. The van der Waals surface area contributed by atoms with Crippen LogP contribution in [-0.2, 0) is 16.6 Å². The van der Waals surface area contributed by atoms with Crippen LogP contribution >= 0.6 is 23.2 Å². The first kappa shape index (κ1) is 17.8. The van der Waals surface area contributed by atoms with Crippen LogP contribution < -0.4 is 4.31 Å². The van der Waals surface area contributed by atoms with Crippen molar-refractivity contribution in [1.82, 2.24) is 4.98 Å². The van der Waals surface area contributed by atoms with E-state index in [1.807, 2.05) is 19.1 Å². The fourth-order valence-corrected chi connectivity index (χ4v) is 4.35. The van der Waals surface area contributed by atoms with Crippen LogP contribution in [0.4, 0.5) is 5.69 Å². The summed E-state index contributed by atoms with van der Waals surface area (Å²) in [5, 5.41) is -0.0547. The molecule has 1 aromatic carbocycles. The van der Waals surface area contributed by atoms with Crippen LogP contribution in [0.1, 0.15) is 11.3 Å². The summed E-state index contributed by atoms with van der Waals surface area (Å²) in [6.45, 7) is 1.95. The van der Waals surface area contributed by atoms with Crippen LogP contribution in [0.25, 0.3) is 0 Å². The maximum atomic E-state index is 13.2. The lowest BCUT2D eigenvalue weighted by Crippen LogP contribution is -2.30. The maximum absolute atomic E-state index is 13.2. The molecule has 3 aromatic rings. The summed E-state index contributed by atoms with van der Waals surface area (Å²) >= 11 is 11.8. The standard InChI is InChI=1S/C17H14Cl2N2O3S/c1-12-4-6-13(7-5-12)21(11-14-3-2-10-24-14)25(22,23)15-8-9-16(18)20-17(15)19/h2-10H,11H2,1H3. The predicted molar refractivity (Wildman–Crippen MR) is 97.5 cm³/mol. The van der Waals surface area contributed by atoms with Gasteiger partial charge in [0.05, 0.1) is 18.5 Å². The van der Waals surface area contributed by atoms with Gasteiger partial charge in [-0.05, 0) is 43.3 Å². The minimum atomic E-state index is -3.97. The Morgan fingerprint density at radius 2 is 1.80 bits per heavy atom. The van der Waals surface area contributed by atoms with Gasteiger partial charge in [-0.1, -0.05) is 40.9 Å². The lowest BCUT2D eigenvalue weighted by molar-refractivity contribution is 0.508. The van der Waals surface area contributed by atoms with Gasteiger partial charge in [0, 0.05) is 0 Å². The highest BCUT2D eigenvalue weighted by Crippen LogP contribution is 2.30. The topological polar surface area (TPSA) is 63.4 Å². The van der Waals surface area contributed by atoms with Gasteiger partial charge < -0.3 is 4.42 Å². The first-order chi connectivity index (χ1) is 11.9. The molecule has 0 aliphatic rings. The van der Waals surface area contributed by atoms with Gasteiger partial charge >= 0.3 is 0 Å². The highest BCUT2D eigenvalue weighted by atomic mass is 35.5. The molecule has 0 amide bonds. The molecule has 0 radical (unpaired) electrons. The fourth-order valence-electron chi connectivity index (χ4n) is 2.28. The van der Waals surface area contributed by atoms with Crippen LogP contribution in [0.15, 0.2) is 64.1 Å². The molecule has 130 valence electrons. The minimum absolute atomic E-state index is 0.0251. The number of aryl methyl sites for hydroxylation is 1. The molecule has 5 nitrogen and oxygen atoms in total. The van der Waals surface area contributed by atoms with Crippen molar-refractivity contribution in [2.24, 2.45) is 0 Å². The predicted octanol–water partition coefficient (Wildman–Crippen LogP) is 4.69. The van der Waals surface area contributed by atoms with Crippen molar-refractivity contribution in [3.63, 3.8) is 0 Å². The Kier molecular flexibility index (Phi) is 5.03. The highest BCUT2D eigenvalue weighted by molar-refractivity contribution is 7.93. The summed E-state index contributed by atoms with van der Waals surface area (Å²) in [5.41, 5.74) is 1.51. The Morgan fingerprint density at radius 1 is 1.08 bits per heavy atom. The van der Waals surface area contributed by atoms with E-state index in [1.165, 1.54) is 22.7 Å². The number of halogens is 2. The van der Waals surface area contributed by atoms with Gasteiger partial charge in [0.15, 0.2) is 5.15 Å². The Labute approximate surface area is 155 Å². The van der Waals surface area contributed by atoms with Crippen LogP contribution in [-0.4, -0.2) is 13.4 Å². The molecular weight excluding hydrogens is 383 g/mol. The molecule has 2 heterocycles. The number of hydrogen-bond donors (Lipinski definition) is 0. The molecule has 0 unspecified atom stereocenters. The quantitative estimate of drug-likeness (QED) is 0.587. The molecule has 0 saturated heterocycles. The molecular formula is C17H14Cl2N2O3S. The number of pyridine rings is 1. The second-order valence-electron chi connectivity index (χ2n) is 5.35. The van der Waals surface area contributed by atoms with Gasteiger partial charge in [-0.3, -0.25) is 4.31 Å². The van der Waals surface area contributed by atoms with Gasteiger partial charge in [-0.2, -0.15) is 0 Å². The zero-order chi connectivity index (χ0) is 18.0. The third-order valence-electron chi connectivity index (χ3n) is 3.55. The molecule has 0 aliphatic heterocycles. The number of furan rings is 1. The zero-order valence-corrected chi connectivity index (χ0v) is 15.5. The monoisotopic (exact) mass is 396 g/mol. The van der Waals surface area contributed by atoms with Crippen molar-refractivity contribution in [1.29, 1.82) is 0 Å². The maximum Gasteiger partial charge on any atom is 0.267 e. The summed E-state index contributed by atoms with van der Waals surface area (Å²) in [6.07, 6.45) is 1.49. The molecule has 0 spiro atoms. The molecule has 3 rings (SSSR count). The molecule has 0 aliphatic carbocycles. The van der Waals surface area contributed by atoms with Crippen molar-refractivity contribution in [3.8, 4) is 0 Å². The van der Waals surface area contributed by atoms with E-state index in [9.17, 15) is 8.42 Å². The molecule has 0 N–H and O–H groups in total. The minimum Gasteiger partial charge on any atom is -0.467 e. The molecule has 0 fully saturated rings. The van der Waals surface area contributed by atoms with Crippen LogP contribution in [0.5, 0.6) is 0 Å². The van der Waals surface area contributed by atoms with E-state index in [2.05, 4.69) is 4.98 Å². The number of benzene rings is 1. The number of rotatable bonds is 5. The number of nitrogens with zero attached hydrogens (tertiary/aromatic N) is 2. The van der Waals surface area contributed by atoms with E-state index in [0.717, 1.165) is 5.56 Å². The Hall–Kier alpha value is -2.02. The second kappa shape index (κ2) is 7.07. The SMILES string of the molecule is Cc1ccc(N(Cc2ccco2)S(=O)(=O)c2ccc(Cl)nc2Cl)cc1. The first-order valence-corrected chi connectivity index (χ1v) is 9.51. The van der Waals surface area contributed by atoms with E-state index >= 15 is 0 Å². The van der Waals surface area contributed by atoms with Gasteiger partial charge in [-0.25, -0.2) is 13.4 Å². The average Bonchev–Trinajstić information content (AvgIpc) is 3.06. The van der Waals surface area contributed by atoms with E-state index in [0.29, 0.717) is 11.4 Å². The van der Waals surface area contributed by atoms with Crippen molar-refractivity contribution < 1.29 is 12.8 Å². The summed E-state index contributed by atoms with van der Waals surface area (Å²) < 4.78 is 32.9. The number of anilines is 1. The van der Waals surface area contributed by atoms with Crippen molar-refractivity contribution in [3.05, 3.63) is 76.4 Å². The third kappa shape index (κ3) is 3.81. The van der Waals surface area contributed by atoms with E-state index in [1.54, 1.807) is 24.3 Å². The Morgan fingerprint density at radius 3 is 2.40 bits per heavy atom. The third-order valence-corrected chi connectivity index (χ3v) is 5.97. The normalized spacial score (nSPS) is 11.5. The van der Waals surface area contributed by atoms with Crippen LogP contribution in [0.3, 0.4) is 0 Å². The molecule has 8 heteroatoms. The molecule has 0 bridgehead atoms. The van der Waals surface area contributed by atoms with E-state index < -0.39 is 10.0 Å². The van der Waals surface area contributed by atoms with Gasteiger partial charge in [0.25, 0.3) is 10.0 Å². The Balaban J connectivity index is 2.10. The molecule has 0 atom stereocenters. The smallest absolute Gasteiger partial charge is 0.267 e. The first-order valence-electron chi connectivity index (χ1n) is 7.32. The number of hydrogen-bond acceptors (Lipinski definition) is 4. The summed E-state index contributed by atoms with van der Waals surface area (Å²) in [4.78, 5) is 3.71. The van der Waals surface area contributed by atoms with Gasteiger partial charge in [0.1, 0.15) is 15.8 Å². The zero-order valence-electron chi connectivity index (χ0n) is 13.2. The second-order valence-corrected chi connectivity index (χ2v) is 7.93. The van der Waals surface area contributed by atoms with Crippen molar-refractivity contribution in [2.75, 3.05) is 4.31 Å². The molecule has 2 aromatic heterocycles. The summed E-state index contributed by atoms with van der Waals surface area (Å²) in [5.74, 6) is 0.502. The Bertz CT molecular complexity index is 972. The number of sulfonamides is 1. The van der Waals surface area contributed by atoms with Crippen LogP contribution in [0.2, 0.25) is 10.3 Å². The highest BCUT2D eigenvalue weighted by Gasteiger charge is 2.29. The summed E-state index contributed by atoms with van der Waals surface area (Å²) in [7, 11) is -3.97. The van der Waals surface area contributed by atoms with E-state index in [-0.39, 0.29) is 21.7 Å².